The van der Waals surface area contributed by atoms with Crippen molar-refractivity contribution in [3.8, 4) is 0 Å². The number of carbonyl (C=O) groups is 2. The number of rotatable bonds is 5. The second-order valence-electron chi connectivity index (χ2n) is 6.84. The molecule has 6 nitrogen and oxygen atoms in total. The van der Waals surface area contributed by atoms with Crippen LogP contribution < -0.4 is 5.32 Å². The summed E-state index contributed by atoms with van der Waals surface area (Å²) in [5.41, 5.74) is 2.17. The van der Waals surface area contributed by atoms with Crippen molar-refractivity contribution in [2.24, 2.45) is 5.92 Å². The number of nitrogens with zero attached hydrogens (tertiary/aromatic N) is 2. The van der Waals surface area contributed by atoms with E-state index >= 15 is 0 Å². The van der Waals surface area contributed by atoms with Crippen molar-refractivity contribution in [3.63, 3.8) is 0 Å². The van der Waals surface area contributed by atoms with Gasteiger partial charge in [0.05, 0.1) is 6.61 Å². The maximum atomic E-state index is 12.5. The zero-order valence-electron chi connectivity index (χ0n) is 16.0. The maximum Gasteiger partial charge on any atom is 0.409 e. The third kappa shape index (κ3) is 5.23. The van der Waals surface area contributed by atoms with Crippen molar-refractivity contribution in [1.29, 1.82) is 0 Å². The molecule has 0 atom stereocenters. The van der Waals surface area contributed by atoms with E-state index in [1.807, 2.05) is 19.1 Å². The number of likely N-dealkylation sites (tertiary alicyclic amines) is 1. The van der Waals surface area contributed by atoms with Gasteiger partial charge >= 0.3 is 6.09 Å². The van der Waals surface area contributed by atoms with Crippen molar-refractivity contribution in [2.75, 3.05) is 25.0 Å². The number of ether oxygens (including phenoxy) is 1. The Bertz CT molecular complexity index is 847. The molecule has 1 aliphatic heterocycles. The first-order valence-electron chi connectivity index (χ1n) is 9.38. The van der Waals surface area contributed by atoms with Crippen LogP contribution in [0.15, 0.2) is 24.4 Å². The van der Waals surface area contributed by atoms with E-state index in [0.29, 0.717) is 37.7 Å². The molecule has 2 amide bonds. The molecule has 0 aliphatic carbocycles. The number of anilines is 1. The number of hydrogen-bond donors (Lipinski definition) is 1. The number of piperidine rings is 1. The lowest BCUT2D eigenvalue weighted by atomic mass is 9.96. The average Bonchev–Trinajstić information content (AvgIpc) is 3.12. The topological polar surface area (TPSA) is 71.5 Å². The molecule has 1 aromatic heterocycles. The van der Waals surface area contributed by atoms with Crippen LogP contribution in [0.2, 0.25) is 5.02 Å². The summed E-state index contributed by atoms with van der Waals surface area (Å²) >= 11 is 7.66. The molecule has 28 heavy (non-hydrogen) atoms. The minimum absolute atomic E-state index is 0.0391. The molecule has 1 saturated heterocycles. The minimum Gasteiger partial charge on any atom is -0.450 e. The second-order valence-corrected chi connectivity index (χ2v) is 8.36. The zero-order valence-corrected chi connectivity index (χ0v) is 17.6. The van der Waals surface area contributed by atoms with E-state index in [-0.39, 0.29) is 17.9 Å². The van der Waals surface area contributed by atoms with Gasteiger partial charge in [-0.2, -0.15) is 0 Å². The molecule has 0 spiro atoms. The van der Waals surface area contributed by atoms with E-state index in [9.17, 15) is 9.59 Å². The summed E-state index contributed by atoms with van der Waals surface area (Å²) in [6, 6.07) is 6.02. The molecule has 0 radical (unpaired) electrons. The van der Waals surface area contributed by atoms with Crippen molar-refractivity contribution in [3.05, 3.63) is 45.4 Å². The Balaban J connectivity index is 1.51. The third-order valence-electron chi connectivity index (χ3n) is 4.79. The van der Waals surface area contributed by atoms with Crippen LogP contribution in [0.25, 0.3) is 0 Å². The fourth-order valence-electron chi connectivity index (χ4n) is 3.14. The zero-order chi connectivity index (χ0) is 20.1. The summed E-state index contributed by atoms with van der Waals surface area (Å²) in [6.07, 6.45) is 3.47. The fraction of sp³-hybridized carbons (Fsp3) is 0.450. The smallest absolute Gasteiger partial charge is 0.409 e. The Morgan fingerprint density at radius 2 is 2.11 bits per heavy atom. The minimum atomic E-state index is -0.304. The van der Waals surface area contributed by atoms with Gasteiger partial charge in [-0.05, 0) is 43.9 Å². The first-order valence-corrected chi connectivity index (χ1v) is 10.6. The van der Waals surface area contributed by atoms with Gasteiger partial charge in [0.2, 0.25) is 5.91 Å². The molecule has 1 fully saturated rings. The number of hydrogen-bond acceptors (Lipinski definition) is 5. The van der Waals surface area contributed by atoms with Crippen LogP contribution in [-0.2, 0) is 16.0 Å². The molecular weight excluding hydrogens is 398 g/mol. The molecule has 0 unspecified atom stereocenters. The highest BCUT2D eigenvalue weighted by molar-refractivity contribution is 7.15. The first-order chi connectivity index (χ1) is 13.5. The number of carbonyl (C=O) groups excluding carboxylic acids is 2. The summed E-state index contributed by atoms with van der Waals surface area (Å²) in [4.78, 5) is 31.3. The van der Waals surface area contributed by atoms with Gasteiger partial charge in [0.1, 0.15) is 0 Å². The maximum absolute atomic E-state index is 12.5. The second kappa shape index (κ2) is 9.39. The van der Waals surface area contributed by atoms with E-state index in [4.69, 9.17) is 16.3 Å². The molecular formula is C20H24ClN3O3S. The molecule has 1 N–H and O–H groups in total. The Labute approximate surface area is 173 Å². The van der Waals surface area contributed by atoms with Crippen LogP contribution in [0, 0.1) is 12.8 Å². The van der Waals surface area contributed by atoms with Gasteiger partial charge in [-0.15, -0.1) is 11.3 Å². The molecule has 3 rings (SSSR count). The van der Waals surface area contributed by atoms with Crippen molar-refractivity contribution in [1.82, 2.24) is 9.88 Å². The van der Waals surface area contributed by atoms with Crippen LogP contribution >= 0.6 is 22.9 Å². The Hall–Kier alpha value is -2.12. The number of benzene rings is 1. The van der Waals surface area contributed by atoms with Crippen molar-refractivity contribution >= 4 is 40.1 Å². The van der Waals surface area contributed by atoms with E-state index in [1.165, 1.54) is 11.3 Å². The van der Waals surface area contributed by atoms with Crippen LogP contribution in [0.1, 0.15) is 35.8 Å². The summed E-state index contributed by atoms with van der Waals surface area (Å²) in [7, 11) is 0. The molecule has 1 aromatic carbocycles. The SMILES string of the molecule is CCOC(=O)N1CCC(C(=O)Nc2ncc(Cc3ccc(C)c(Cl)c3)s2)CC1. The van der Waals surface area contributed by atoms with Gasteiger partial charge in [0.25, 0.3) is 0 Å². The van der Waals surface area contributed by atoms with Crippen LogP contribution in [0.3, 0.4) is 0 Å². The van der Waals surface area contributed by atoms with Gasteiger partial charge in [0.15, 0.2) is 5.13 Å². The van der Waals surface area contributed by atoms with Crippen molar-refractivity contribution in [2.45, 2.75) is 33.1 Å². The number of aryl methyl sites for hydroxylation is 1. The molecule has 1 aliphatic rings. The molecule has 0 saturated carbocycles. The lowest BCUT2D eigenvalue weighted by Crippen LogP contribution is -2.41. The predicted octanol–water partition coefficient (Wildman–Crippen LogP) is 4.50. The highest BCUT2D eigenvalue weighted by Crippen LogP contribution is 2.25. The normalized spacial score (nSPS) is 14.8. The van der Waals surface area contributed by atoms with Gasteiger partial charge < -0.3 is 15.0 Å². The molecule has 8 heteroatoms. The standard InChI is InChI=1S/C20H24ClN3O3S/c1-3-27-20(26)24-8-6-15(7-9-24)18(25)23-19-22-12-16(28-19)10-14-5-4-13(2)17(21)11-14/h4-5,11-12,15H,3,6-10H2,1-2H3,(H,22,23,25). The number of halogens is 1. The summed E-state index contributed by atoms with van der Waals surface area (Å²) < 4.78 is 5.01. The number of thiazole rings is 1. The van der Waals surface area contributed by atoms with E-state index in [2.05, 4.69) is 16.4 Å². The largest absolute Gasteiger partial charge is 0.450 e. The third-order valence-corrected chi connectivity index (χ3v) is 6.11. The van der Waals surface area contributed by atoms with Gasteiger partial charge in [-0.25, -0.2) is 9.78 Å². The Morgan fingerprint density at radius 3 is 2.79 bits per heavy atom. The number of nitrogens with one attached hydrogen (secondary N) is 1. The van der Waals surface area contributed by atoms with Crippen LogP contribution in [-0.4, -0.2) is 41.6 Å². The number of aromatic nitrogens is 1. The quantitative estimate of drug-likeness (QED) is 0.771. The highest BCUT2D eigenvalue weighted by atomic mass is 35.5. The monoisotopic (exact) mass is 421 g/mol. The van der Waals surface area contributed by atoms with Gasteiger partial charge in [-0.3, -0.25) is 4.79 Å². The lowest BCUT2D eigenvalue weighted by molar-refractivity contribution is -0.121. The molecule has 2 aromatic rings. The summed E-state index contributed by atoms with van der Waals surface area (Å²) in [5, 5.41) is 4.27. The lowest BCUT2D eigenvalue weighted by Gasteiger charge is -2.30. The van der Waals surface area contributed by atoms with Gasteiger partial charge in [-0.1, -0.05) is 23.7 Å². The van der Waals surface area contributed by atoms with Crippen LogP contribution in [0.5, 0.6) is 0 Å². The average molecular weight is 422 g/mol. The summed E-state index contributed by atoms with van der Waals surface area (Å²) in [5.74, 6) is -0.156. The molecule has 0 bridgehead atoms. The van der Waals surface area contributed by atoms with E-state index < -0.39 is 0 Å². The first kappa shape index (κ1) is 20.6. The Morgan fingerprint density at radius 1 is 1.36 bits per heavy atom. The molecule has 150 valence electrons. The van der Waals surface area contributed by atoms with Crippen LogP contribution in [0.4, 0.5) is 9.93 Å². The van der Waals surface area contributed by atoms with Crippen molar-refractivity contribution < 1.29 is 14.3 Å². The van der Waals surface area contributed by atoms with Gasteiger partial charge in [0, 0.05) is 41.5 Å². The summed E-state index contributed by atoms with van der Waals surface area (Å²) in [6.45, 7) is 5.19. The predicted molar refractivity (Wildman–Crippen MR) is 111 cm³/mol. The van der Waals surface area contributed by atoms with E-state index in [0.717, 1.165) is 27.4 Å². The Kier molecular flexibility index (Phi) is 6.91. The van der Waals surface area contributed by atoms with E-state index in [1.54, 1.807) is 18.0 Å². The number of amides is 2. The highest BCUT2D eigenvalue weighted by Gasteiger charge is 2.28. The fourth-order valence-corrected chi connectivity index (χ4v) is 4.19. The molecule has 2 heterocycles.